The predicted molar refractivity (Wildman–Crippen MR) is 243 cm³/mol. The lowest BCUT2D eigenvalue weighted by atomic mass is 9.95. The molecule has 8 rings (SSSR count). The fraction of sp³-hybridized carbons (Fsp3) is 0.0943. The van der Waals surface area contributed by atoms with Crippen LogP contribution in [-0.4, -0.2) is 16.8 Å². The van der Waals surface area contributed by atoms with Crippen LogP contribution >= 0.6 is 0 Å². The highest BCUT2D eigenvalue weighted by Gasteiger charge is 2.21. The topological polar surface area (TPSA) is 86.7 Å². The van der Waals surface area contributed by atoms with Crippen molar-refractivity contribution in [3.05, 3.63) is 211 Å². The van der Waals surface area contributed by atoms with E-state index in [0.29, 0.717) is 23.7 Å². The minimum Gasteiger partial charge on any atom is -0.485 e. The molecule has 0 aliphatic rings. The standard InChI is InChI=1S/C53H44O6S2/c1-4-51(41-19-29-47(30-20-41)60(54,55)45-25-15-37(2)16-26-45)59-53-34-22-43(36-50(53)40-13-9-6-10-14-40)42-21-33-52(49(35-42)39-11-7-5-8-12-39)58-44-23-31-48(32-24-44)61(56,57)46-27-17-38(3)18-28-46/h5-36,51H,4H2,1-3H3. The molecule has 8 aromatic rings. The smallest absolute Gasteiger partial charge is 0.206 e. The highest BCUT2D eigenvalue weighted by Crippen LogP contribution is 2.41. The number of aryl methyl sites for hydroxylation is 2. The highest BCUT2D eigenvalue weighted by molar-refractivity contribution is 7.91. The molecule has 0 amide bonds. The number of benzene rings is 8. The van der Waals surface area contributed by atoms with E-state index in [2.05, 4.69) is 31.2 Å². The maximum atomic E-state index is 13.4. The molecule has 0 heterocycles. The van der Waals surface area contributed by atoms with Crippen molar-refractivity contribution in [1.29, 1.82) is 0 Å². The summed E-state index contributed by atoms with van der Waals surface area (Å²) in [6, 6.07) is 59.5. The van der Waals surface area contributed by atoms with E-state index < -0.39 is 19.7 Å². The van der Waals surface area contributed by atoms with Crippen LogP contribution in [0.25, 0.3) is 33.4 Å². The lowest BCUT2D eigenvalue weighted by Crippen LogP contribution is -2.08. The number of hydrogen-bond donors (Lipinski definition) is 0. The van der Waals surface area contributed by atoms with Gasteiger partial charge in [-0.15, -0.1) is 0 Å². The van der Waals surface area contributed by atoms with Crippen molar-refractivity contribution in [2.24, 2.45) is 0 Å². The molecular formula is C53H44O6S2. The summed E-state index contributed by atoms with van der Waals surface area (Å²) >= 11 is 0. The van der Waals surface area contributed by atoms with Crippen LogP contribution in [0.5, 0.6) is 17.2 Å². The maximum Gasteiger partial charge on any atom is 0.206 e. The van der Waals surface area contributed by atoms with Crippen LogP contribution in [-0.2, 0) is 19.7 Å². The minimum atomic E-state index is -3.68. The molecule has 0 saturated carbocycles. The molecule has 0 N–H and O–H groups in total. The van der Waals surface area contributed by atoms with Crippen LogP contribution in [0.3, 0.4) is 0 Å². The quantitative estimate of drug-likeness (QED) is 0.115. The van der Waals surface area contributed by atoms with Gasteiger partial charge in [0, 0.05) is 11.1 Å². The summed E-state index contributed by atoms with van der Waals surface area (Å²) in [5.41, 5.74) is 8.53. The van der Waals surface area contributed by atoms with Gasteiger partial charge < -0.3 is 9.47 Å². The molecule has 6 nitrogen and oxygen atoms in total. The van der Waals surface area contributed by atoms with Gasteiger partial charge in [0.1, 0.15) is 23.4 Å². The Labute approximate surface area is 358 Å². The molecule has 1 atom stereocenters. The van der Waals surface area contributed by atoms with Crippen LogP contribution in [0.1, 0.15) is 36.1 Å². The van der Waals surface area contributed by atoms with Crippen molar-refractivity contribution in [1.82, 2.24) is 0 Å². The van der Waals surface area contributed by atoms with Crippen molar-refractivity contribution < 1.29 is 26.3 Å². The lowest BCUT2D eigenvalue weighted by Gasteiger charge is -2.22. The average molecular weight is 841 g/mol. The Balaban J connectivity index is 1.09. The Morgan fingerprint density at radius 3 is 1.26 bits per heavy atom. The third kappa shape index (κ3) is 8.92. The SMILES string of the molecule is CCC(Oc1ccc(-c2ccc(Oc3ccc(S(=O)(=O)c4ccc(C)cc4)cc3)c(-c3ccccc3)c2)cc1-c1ccccc1)c1ccc(S(=O)(=O)c2ccc(C)cc2)cc1. The van der Waals surface area contributed by atoms with Gasteiger partial charge in [0.25, 0.3) is 0 Å². The van der Waals surface area contributed by atoms with Gasteiger partial charge in [-0.05, 0) is 133 Å². The summed E-state index contributed by atoms with van der Waals surface area (Å²) in [7, 11) is -7.35. The van der Waals surface area contributed by atoms with E-state index in [4.69, 9.17) is 9.47 Å². The first kappa shape index (κ1) is 41.0. The third-order valence-corrected chi connectivity index (χ3v) is 14.3. The monoisotopic (exact) mass is 840 g/mol. The molecule has 8 heteroatoms. The zero-order chi connectivity index (χ0) is 42.6. The Kier molecular flexibility index (Phi) is 11.7. The fourth-order valence-corrected chi connectivity index (χ4v) is 9.74. The molecule has 0 saturated heterocycles. The van der Waals surface area contributed by atoms with Gasteiger partial charge in [-0.1, -0.05) is 127 Å². The van der Waals surface area contributed by atoms with Crippen LogP contribution in [0.2, 0.25) is 0 Å². The summed E-state index contributed by atoms with van der Waals surface area (Å²) in [5.74, 6) is 1.83. The predicted octanol–water partition coefficient (Wildman–Crippen LogP) is 13.3. The van der Waals surface area contributed by atoms with E-state index in [-0.39, 0.29) is 25.7 Å². The summed E-state index contributed by atoms with van der Waals surface area (Å²) in [6.07, 6.45) is 0.329. The molecule has 304 valence electrons. The van der Waals surface area contributed by atoms with Gasteiger partial charge in [-0.25, -0.2) is 16.8 Å². The van der Waals surface area contributed by atoms with E-state index in [1.54, 1.807) is 84.9 Å². The number of hydrogen-bond acceptors (Lipinski definition) is 6. The summed E-state index contributed by atoms with van der Waals surface area (Å²) in [6.45, 7) is 5.90. The molecular weight excluding hydrogens is 797 g/mol. The van der Waals surface area contributed by atoms with Gasteiger partial charge in [-0.2, -0.15) is 0 Å². The van der Waals surface area contributed by atoms with Gasteiger partial charge in [0.15, 0.2) is 0 Å². The Morgan fingerprint density at radius 2 is 0.820 bits per heavy atom. The Bertz CT molecular complexity index is 3000. The molecule has 0 aliphatic heterocycles. The second kappa shape index (κ2) is 17.5. The first-order valence-corrected chi connectivity index (χ1v) is 23.0. The maximum absolute atomic E-state index is 13.4. The Hall–Kier alpha value is -6.74. The third-order valence-electron chi connectivity index (χ3n) is 10.7. The normalized spacial score (nSPS) is 12.1. The van der Waals surface area contributed by atoms with Crippen LogP contribution in [0.4, 0.5) is 0 Å². The fourth-order valence-electron chi connectivity index (χ4n) is 7.22. The van der Waals surface area contributed by atoms with Gasteiger partial charge in [0.05, 0.1) is 19.6 Å². The zero-order valence-corrected chi connectivity index (χ0v) is 35.7. The number of rotatable bonds is 13. The molecule has 1 unspecified atom stereocenters. The summed E-state index contributed by atoms with van der Waals surface area (Å²) < 4.78 is 66.6. The highest BCUT2D eigenvalue weighted by atomic mass is 32.2. The first-order chi connectivity index (χ1) is 29.5. The molecule has 61 heavy (non-hydrogen) atoms. The average Bonchev–Trinajstić information content (AvgIpc) is 3.29. The molecule has 0 bridgehead atoms. The number of sulfone groups is 2. The largest absolute Gasteiger partial charge is 0.485 e. The van der Waals surface area contributed by atoms with Crippen LogP contribution in [0, 0.1) is 13.8 Å². The van der Waals surface area contributed by atoms with Crippen molar-refractivity contribution in [3.8, 4) is 50.6 Å². The lowest BCUT2D eigenvalue weighted by molar-refractivity contribution is 0.202. The summed E-state index contributed by atoms with van der Waals surface area (Å²) in [4.78, 5) is 0.932. The molecule has 0 fully saturated rings. The van der Waals surface area contributed by atoms with E-state index in [1.165, 1.54) is 0 Å². The van der Waals surface area contributed by atoms with Crippen molar-refractivity contribution in [2.75, 3.05) is 0 Å². The van der Waals surface area contributed by atoms with Crippen LogP contribution in [0.15, 0.2) is 214 Å². The summed E-state index contributed by atoms with van der Waals surface area (Å²) in [5, 5.41) is 0. The van der Waals surface area contributed by atoms with Crippen molar-refractivity contribution in [2.45, 2.75) is 52.9 Å². The minimum absolute atomic E-state index is 0.191. The van der Waals surface area contributed by atoms with E-state index in [0.717, 1.165) is 50.1 Å². The van der Waals surface area contributed by atoms with Gasteiger partial charge >= 0.3 is 0 Å². The van der Waals surface area contributed by atoms with E-state index in [9.17, 15) is 16.8 Å². The second-order valence-corrected chi connectivity index (χ2v) is 18.8. The van der Waals surface area contributed by atoms with Gasteiger partial charge in [0.2, 0.25) is 19.7 Å². The molecule has 8 aromatic carbocycles. The van der Waals surface area contributed by atoms with E-state index in [1.807, 2.05) is 98.8 Å². The molecule has 0 radical (unpaired) electrons. The van der Waals surface area contributed by atoms with Crippen molar-refractivity contribution >= 4 is 19.7 Å². The molecule has 0 aromatic heterocycles. The van der Waals surface area contributed by atoms with Crippen molar-refractivity contribution in [3.63, 3.8) is 0 Å². The van der Waals surface area contributed by atoms with E-state index >= 15 is 0 Å². The Morgan fingerprint density at radius 1 is 0.426 bits per heavy atom. The molecule has 0 aliphatic carbocycles. The first-order valence-electron chi connectivity index (χ1n) is 20.1. The van der Waals surface area contributed by atoms with Gasteiger partial charge in [-0.3, -0.25) is 0 Å². The second-order valence-electron chi connectivity index (χ2n) is 14.9. The van der Waals surface area contributed by atoms with Crippen LogP contribution < -0.4 is 9.47 Å². The number of ether oxygens (including phenoxy) is 2. The molecule has 0 spiro atoms. The zero-order valence-electron chi connectivity index (χ0n) is 34.0.